The third-order valence-corrected chi connectivity index (χ3v) is 19.6. The molecule has 0 N–H and O–H groups in total. The Morgan fingerprint density at radius 2 is 0.588 bits per heavy atom. The first-order valence-electron chi connectivity index (χ1n) is 33.2. The Labute approximate surface area is 560 Å². The average molecular weight is 1230 g/mol. The third kappa shape index (κ3) is 9.54. The average Bonchev–Trinajstić information content (AvgIpc) is 1.68. The molecule has 452 valence electrons. The minimum absolute atomic E-state index is 0.588. The van der Waals surface area contributed by atoms with E-state index in [0.717, 1.165) is 144 Å². The highest BCUT2D eigenvalue weighted by molar-refractivity contribution is 6.31. The number of benzene rings is 17. The van der Waals surface area contributed by atoms with Crippen LogP contribution in [0.3, 0.4) is 0 Å². The van der Waals surface area contributed by atoms with Gasteiger partial charge in [0.2, 0.25) is 5.95 Å². The SMILES string of the molecule is c1ccc(-c2ccc3c(c2)c2c4cc5c6ccc(N(c7ccccc7)c7ccccc7)cc6c6cc(N(c7ccccc7)c7ccccc7)ccc6c5cc4ccc2n3-c2nc(-c3ccc4ccccc4c3)c(-c3ccc4ccccc4c3)c(-c3ccc4ccccc4c3)n2)cc1. The largest absolute Gasteiger partial charge is 0.310 e. The Balaban J connectivity index is 0.912. The predicted octanol–water partition coefficient (Wildman–Crippen LogP) is 25.3. The number of aromatic nitrogens is 3. The molecule has 5 heteroatoms. The zero-order valence-corrected chi connectivity index (χ0v) is 52.8. The number of rotatable bonds is 11. The monoisotopic (exact) mass is 1230 g/mol. The Hall–Kier alpha value is -13.0. The minimum Gasteiger partial charge on any atom is -0.310 e. The van der Waals surface area contributed by atoms with Crippen molar-refractivity contribution >= 4 is 131 Å². The summed E-state index contributed by atoms with van der Waals surface area (Å²) >= 11 is 0. The fourth-order valence-corrected chi connectivity index (χ4v) is 15.1. The van der Waals surface area contributed by atoms with Gasteiger partial charge in [-0.15, -0.1) is 0 Å². The molecule has 0 bridgehead atoms. The molecule has 0 aliphatic heterocycles. The van der Waals surface area contributed by atoms with Gasteiger partial charge in [-0.1, -0.05) is 237 Å². The topological polar surface area (TPSA) is 37.2 Å². The summed E-state index contributed by atoms with van der Waals surface area (Å²) in [6.07, 6.45) is 0. The summed E-state index contributed by atoms with van der Waals surface area (Å²) in [5.41, 5.74) is 16.5. The zero-order chi connectivity index (χ0) is 63.9. The lowest BCUT2D eigenvalue weighted by Crippen LogP contribution is -2.10. The van der Waals surface area contributed by atoms with Gasteiger partial charge in [0.25, 0.3) is 0 Å². The van der Waals surface area contributed by atoms with Gasteiger partial charge in [-0.25, -0.2) is 9.97 Å². The molecule has 0 spiro atoms. The maximum absolute atomic E-state index is 5.95. The Bertz CT molecular complexity index is 6130. The van der Waals surface area contributed by atoms with Crippen LogP contribution in [0, 0.1) is 0 Å². The van der Waals surface area contributed by atoms with Crippen LogP contribution >= 0.6 is 0 Å². The third-order valence-electron chi connectivity index (χ3n) is 19.6. The molecule has 97 heavy (non-hydrogen) atoms. The smallest absolute Gasteiger partial charge is 0.235 e. The first-order chi connectivity index (χ1) is 48.1. The highest BCUT2D eigenvalue weighted by atomic mass is 15.2. The van der Waals surface area contributed by atoms with Crippen molar-refractivity contribution < 1.29 is 0 Å². The maximum Gasteiger partial charge on any atom is 0.235 e. The molecule has 17 aromatic carbocycles. The number of hydrogen-bond acceptors (Lipinski definition) is 4. The molecule has 19 rings (SSSR count). The van der Waals surface area contributed by atoms with Crippen molar-refractivity contribution in [2.45, 2.75) is 0 Å². The lowest BCUT2D eigenvalue weighted by atomic mass is 9.90. The number of para-hydroxylation sites is 4. The van der Waals surface area contributed by atoms with E-state index in [1.165, 1.54) is 32.3 Å². The van der Waals surface area contributed by atoms with Crippen molar-refractivity contribution in [2.24, 2.45) is 0 Å². The predicted molar refractivity (Wildman–Crippen MR) is 410 cm³/mol. The van der Waals surface area contributed by atoms with Crippen molar-refractivity contribution in [3.8, 4) is 50.7 Å². The second-order valence-corrected chi connectivity index (χ2v) is 25.3. The Morgan fingerprint density at radius 1 is 0.206 bits per heavy atom. The van der Waals surface area contributed by atoms with Gasteiger partial charge in [-0.05, 0) is 213 Å². The van der Waals surface area contributed by atoms with E-state index in [0.29, 0.717) is 5.95 Å². The van der Waals surface area contributed by atoms with Crippen molar-refractivity contribution in [2.75, 3.05) is 9.80 Å². The molecule has 0 unspecified atom stereocenters. The zero-order valence-electron chi connectivity index (χ0n) is 52.8. The maximum atomic E-state index is 5.95. The van der Waals surface area contributed by atoms with Gasteiger partial charge in [0.15, 0.2) is 0 Å². The summed E-state index contributed by atoms with van der Waals surface area (Å²) in [4.78, 5) is 16.6. The molecule has 5 nitrogen and oxygen atoms in total. The first-order valence-corrected chi connectivity index (χ1v) is 33.2. The lowest BCUT2D eigenvalue weighted by Gasteiger charge is -2.27. The van der Waals surface area contributed by atoms with E-state index in [-0.39, 0.29) is 0 Å². The fraction of sp³-hybridized carbons (Fsp3) is 0. The molecule has 0 atom stereocenters. The summed E-state index contributed by atoms with van der Waals surface area (Å²) in [6.45, 7) is 0. The van der Waals surface area contributed by atoms with Gasteiger partial charge in [-0.3, -0.25) is 4.57 Å². The summed E-state index contributed by atoms with van der Waals surface area (Å²) in [6, 6.07) is 130. The minimum atomic E-state index is 0.588. The molecule has 0 radical (unpaired) electrons. The molecule has 2 heterocycles. The molecule has 0 aliphatic rings. The van der Waals surface area contributed by atoms with Crippen LogP contribution in [-0.2, 0) is 0 Å². The second kappa shape index (κ2) is 23.0. The van der Waals surface area contributed by atoms with Crippen LogP contribution in [0.2, 0.25) is 0 Å². The molecular weight excluding hydrogens is 1180 g/mol. The number of anilines is 6. The van der Waals surface area contributed by atoms with Crippen LogP contribution in [0.4, 0.5) is 34.1 Å². The molecule has 19 aromatic rings. The molecule has 0 fully saturated rings. The van der Waals surface area contributed by atoms with Crippen molar-refractivity contribution in [3.63, 3.8) is 0 Å². The van der Waals surface area contributed by atoms with Gasteiger partial charge >= 0.3 is 0 Å². The van der Waals surface area contributed by atoms with Crippen LogP contribution in [0.25, 0.3) is 148 Å². The van der Waals surface area contributed by atoms with Crippen LogP contribution in [0.5, 0.6) is 0 Å². The highest BCUT2D eigenvalue weighted by Crippen LogP contribution is 2.48. The Morgan fingerprint density at radius 3 is 1.07 bits per heavy atom. The van der Waals surface area contributed by atoms with E-state index in [1.54, 1.807) is 0 Å². The van der Waals surface area contributed by atoms with Gasteiger partial charge in [0.1, 0.15) is 0 Å². The second-order valence-electron chi connectivity index (χ2n) is 25.3. The number of fused-ring (bicyclic) bond motifs is 14. The van der Waals surface area contributed by atoms with E-state index in [4.69, 9.17) is 9.97 Å². The van der Waals surface area contributed by atoms with Crippen LogP contribution < -0.4 is 9.80 Å². The Kier molecular flexibility index (Phi) is 13.2. The molecule has 0 saturated carbocycles. The van der Waals surface area contributed by atoms with Crippen molar-refractivity contribution in [1.82, 2.24) is 14.5 Å². The van der Waals surface area contributed by atoms with Crippen molar-refractivity contribution in [1.29, 1.82) is 0 Å². The van der Waals surface area contributed by atoms with E-state index >= 15 is 0 Å². The fourth-order valence-electron chi connectivity index (χ4n) is 15.1. The number of nitrogens with zero attached hydrogens (tertiary/aromatic N) is 5. The molecular formula is C92H59N5. The molecule has 0 amide bonds. The van der Waals surface area contributed by atoms with Crippen LogP contribution in [0.15, 0.2) is 358 Å². The standard InChI is InChI=1S/C92H59N5/c1-6-22-60(23-7-1)67-44-50-86-85(55-67)89-80-59-84-79-49-47-77(96(74-34-12-4-13-35-74)75-36-14-5-15-37-75)58-83(79)82-57-76(95(72-30-8-2-9-31-72)73-32-10-3-11-33-73)46-48-78(82)81(84)56-68(80)45-51-87(89)97(86)92-93-90(70-42-39-62-25-17-20-28-65(62)53-70)88(69-41-38-61-24-16-19-27-64(61)52-69)91(94-92)71-43-40-63-26-18-21-29-66(63)54-71/h1-59H. The first kappa shape index (κ1) is 55.7. The summed E-state index contributed by atoms with van der Waals surface area (Å²) in [5.74, 6) is 0.588. The van der Waals surface area contributed by atoms with Gasteiger partial charge in [0.05, 0.1) is 22.4 Å². The van der Waals surface area contributed by atoms with E-state index in [2.05, 4.69) is 372 Å². The van der Waals surface area contributed by atoms with E-state index in [9.17, 15) is 0 Å². The quantitative estimate of drug-likeness (QED) is 0.0955. The van der Waals surface area contributed by atoms with Gasteiger partial charge < -0.3 is 9.80 Å². The summed E-state index contributed by atoms with van der Waals surface area (Å²) in [7, 11) is 0. The van der Waals surface area contributed by atoms with Crippen molar-refractivity contribution in [3.05, 3.63) is 358 Å². The van der Waals surface area contributed by atoms with Crippen LogP contribution in [0.1, 0.15) is 0 Å². The van der Waals surface area contributed by atoms with E-state index < -0.39 is 0 Å². The summed E-state index contributed by atoms with van der Waals surface area (Å²) in [5, 5.41) is 18.5. The number of hydrogen-bond donors (Lipinski definition) is 0. The van der Waals surface area contributed by atoms with Gasteiger partial charge in [0, 0.05) is 61.6 Å². The lowest BCUT2D eigenvalue weighted by molar-refractivity contribution is 0.997. The molecule has 0 aliphatic carbocycles. The highest BCUT2D eigenvalue weighted by Gasteiger charge is 2.26. The van der Waals surface area contributed by atoms with Crippen LogP contribution in [-0.4, -0.2) is 14.5 Å². The summed E-state index contributed by atoms with van der Waals surface area (Å²) < 4.78 is 2.33. The van der Waals surface area contributed by atoms with Gasteiger partial charge in [-0.2, -0.15) is 0 Å². The normalized spacial score (nSPS) is 11.7. The van der Waals surface area contributed by atoms with E-state index in [1.807, 2.05) is 0 Å². The molecule has 0 saturated heterocycles. The molecule has 2 aromatic heterocycles.